The third-order valence-electron chi connectivity index (χ3n) is 2.30. The topological polar surface area (TPSA) is 58.4 Å². The molecule has 0 aliphatic carbocycles. The first-order valence-corrected chi connectivity index (χ1v) is 4.33. The zero-order chi connectivity index (χ0) is 9.14. The van der Waals surface area contributed by atoms with Gasteiger partial charge in [0.05, 0.1) is 6.04 Å². The van der Waals surface area contributed by atoms with E-state index < -0.39 is 0 Å². The van der Waals surface area contributed by atoms with E-state index in [4.69, 9.17) is 5.73 Å². The minimum absolute atomic E-state index is 0.207. The van der Waals surface area contributed by atoms with E-state index in [0.717, 1.165) is 19.5 Å². The van der Waals surface area contributed by atoms with Crippen molar-refractivity contribution in [2.75, 3.05) is 20.1 Å². The van der Waals surface area contributed by atoms with Crippen LogP contribution < -0.4 is 11.1 Å². The number of rotatable bonds is 3. The van der Waals surface area contributed by atoms with Crippen molar-refractivity contribution in [1.82, 2.24) is 10.2 Å². The summed E-state index contributed by atoms with van der Waals surface area (Å²) in [5.41, 5.74) is 5.13. The largest absolute Gasteiger partial charge is 0.368 e. The summed E-state index contributed by atoms with van der Waals surface area (Å²) in [6.07, 6.45) is 1.11. The van der Waals surface area contributed by atoms with Gasteiger partial charge in [-0.15, -0.1) is 0 Å². The third-order valence-corrected chi connectivity index (χ3v) is 2.30. The van der Waals surface area contributed by atoms with E-state index in [-0.39, 0.29) is 11.9 Å². The third kappa shape index (κ3) is 2.46. The molecular formula is C8H17N3O. The highest BCUT2D eigenvalue weighted by molar-refractivity contribution is 5.79. The second-order valence-electron chi connectivity index (χ2n) is 3.54. The van der Waals surface area contributed by atoms with Gasteiger partial charge < -0.3 is 16.0 Å². The van der Waals surface area contributed by atoms with E-state index in [0.29, 0.717) is 6.04 Å². The molecule has 0 aromatic carbocycles. The Balaban J connectivity index is 2.27. The van der Waals surface area contributed by atoms with E-state index >= 15 is 0 Å². The van der Waals surface area contributed by atoms with Gasteiger partial charge in [0.25, 0.3) is 0 Å². The second-order valence-corrected chi connectivity index (χ2v) is 3.54. The summed E-state index contributed by atoms with van der Waals surface area (Å²) in [5.74, 6) is -0.274. The number of hydrogen-bond donors (Lipinski definition) is 2. The summed E-state index contributed by atoms with van der Waals surface area (Å²) >= 11 is 0. The maximum Gasteiger partial charge on any atom is 0.234 e. The molecule has 2 atom stereocenters. The van der Waals surface area contributed by atoms with Gasteiger partial charge >= 0.3 is 0 Å². The molecule has 2 unspecified atom stereocenters. The Bertz CT molecular complexity index is 172. The first-order valence-electron chi connectivity index (χ1n) is 4.33. The van der Waals surface area contributed by atoms with Gasteiger partial charge in [-0.2, -0.15) is 0 Å². The molecule has 12 heavy (non-hydrogen) atoms. The van der Waals surface area contributed by atoms with E-state index in [1.807, 2.05) is 0 Å². The fourth-order valence-electron chi connectivity index (χ4n) is 1.51. The maximum absolute atomic E-state index is 10.7. The van der Waals surface area contributed by atoms with Crippen molar-refractivity contribution in [1.29, 1.82) is 0 Å². The molecule has 1 aliphatic heterocycles. The molecule has 1 saturated heterocycles. The number of likely N-dealkylation sites (N-methyl/N-ethyl adjacent to an activating group) is 1. The minimum atomic E-state index is -0.274. The average Bonchev–Trinajstić information content (AvgIpc) is 2.35. The van der Waals surface area contributed by atoms with Crippen molar-refractivity contribution < 1.29 is 4.79 Å². The molecule has 0 aromatic heterocycles. The van der Waals surface area contributed by atoms with Crippen LogP contribution in [0.25, 0.3) is 0 Å². The number of nitrogens with two attached hydrogens (primary N) is 1. The van der Waals surface area contributed by atoms with Crippen LogP contribution in [0, 0.1) is 0 Å². The summed E-state index contributed by atoms with van der Waals surface area (Å²) in [6.45, 7) is 3.92. The lowest BCUT2D eigenvalue weighted by Gasteiger charge is -2.16. The number of amides is 1. The van der Waals surface area contributed by atoms with E-state index in [9.17, 15) is 4.79 Å². The zero-order valence-electron chi connectivity index (χ0n) is 7.71. The number of carbonyl (C=O) groups excluding carboxylic acids is 1. The van der Waals surface area contributed by atoms with Crippen LogP contribution in [0.4, 0.5) is 0 Å². The Morgan fingerprint density at radius 2 is 2.42 bits per heavy atom. The molecule has 4 nitrogen and oxygen atoms in total. The van der Waals surface area contributed by atoms with Crippen LogP contribution in [0.5, 0.6) is 0 Å². The lowest BCUT2D eigenvalue weighted by atomic mass is 10.2. The van der Waals surface area contributed by atoms with Gasteiger partial charge in [0.2, 0.25) is 5.91 Å². The molecule has 4 heteroatoms. The summed E-state index contributed by atoms with van der Waals surface area (Å²) < 4.78 is 0. The molecule has 70 valence electrons. The number of nitrogens with zero attached hydrogens (tertiary/aromatic N) is 1. The predicted molar refractivity (Wildman–Crippen MR) is 47.7 cm³/mol. The Labute approximate surface area is 73.1 Å². The van der Waals surface area contributed by atoms with Crippen LogP contribution >= 0.6 is 0 Å². The fourth-order valence-corrected chi connectivity index (χ4v) is 1.51. The molecule has 0 saturated carbocycles. The molecular weight excluding hydrogens is 154 g/mol. The summed E-state index contributed by atoms with van der Waals surface area (Å²) in [6, 6.07) is 0.221. The van der Waals surface area contributed by atoms with E-state index in [1.54, 1.807) is 6.92 Å². The normalized spacial score (nSPS) is 27.3. The quantitative estimate of drug-likeness (QED) is 0.582. The SMILES string of the molecule is CC(NC1CCN(C)C1)C(N)=O. The fraction of sp³-hybridized carbons (Fsp3) is 0.875. The number of hydrogen-bond acceptors (Lipinski definition) is 3. The van der Waals surface area contributed by atoms with Crippen molar-refractivity contribution in [3.63, 3.8) is 0 Å². The Kier molecular flexibility index (Phi) is 3.05. The number of carbonyl (C=O) groups is 1. The molecule has 1 fully saturated rings. The average molecular weight is 171 g/mol. The van der Waals surface area contributed by atoms with Crippen molar-refractivity contribution in [3.8, 4) is 0 Å². The summed E-state index contributed by atoms with van der Waals surface area (Å²) in [4.78, 5) is 13.0. The van der Waals surface area contributed by atoms with E-state index in [2.05, 4.69) is 17.3 Å². The predicted octanol–water partition coefficient (Wildman–Crippen LogP) is -0.846. The van der Waals surface area contributed by atoms with Crippen LogP contribution in [-0.2, 0) is 4.79 Å². The molecule has 1 amide bonds. The highest BCUT2D eigenvalue weighted by atomic mass is 16.1. The molecule has 3 N–H and O–H groups in total. The lowest BCUT2D eigenvalue weighted by molar-refractivity contribution is -0.119. The molecule has 1 heterocycles. The van der Waals surface area contributed by atoms with Crippen molar-refractivity contribution >= 4 is 5.91 Å². The maximum atomic E-state index is 10.7. The molecule has 0 bridgehead atoms. The van der Waals surface area contributed by atoms with Crippen LogP contribution in [-0.4, -0.2) is 43.0 Å². The molecule has 0 aromatic rings. The minimum Gasteiger partial charge on any atom is -0.368 e. The highest BCUT2D eigenvalue weighted by Gasteiger charge is 2.21. The summed E-state index contributed by atoms with van der Waals surface area (Å²) in [5, 5.41) is 3.19. The lowest BCUT2D eigenvalue weighted by Crippen LogP contribution is -2.45. The highest BCUT2D eigenvalue weighted by Crippen LogP contribution is 2.06. The van der Waals surface area contributed by atoms with Crippen LogP contribution in [0.1, 0.15) is 13.3 Å². The van der Waals surface area contributed by atoms with Crippen molar-refractivity contribution in [2.45, 2.75) is 25.4 Å². The first kappa shape index (κ1) is 9.48. The standard InChI is InChI=1S/C8H17N3O/c1-6(8(9)12)10-7-3-4-11(2)5-7/h6-7,10H,3-5H2,1-2H3,(H2,9,12). The smallest absolute Gasteiger partial charge is 0.234 e. The van der Waals surface area contributed by atoms with Gasteiger partial charge in [-0.05, 0) is 26.9 Å². The molecule has 1 aliphatic rings. The van der Waals surface area contributed by atoms with Gasteiger partial charge in [0.1, 0.15) is 0 Å². The number of primary amides is 1. The summed E-state index contributed by atoms with van der Waals surface area (Å²) in [7, 11) is 2.08. The Morgan fingerprint density at radius 1 is 1.75 bits per heavy atom. The number of likely N-dealkylation sites (tertiary alicyclic amines) is 1. The monoisotopic (exact) mass is 171 g/mol. The van der Waals surface area contributed by atoms with E-state index in [1.165, 1.54) is 0 Å². The molecule has 1 rings (SSSR count). The van der Waals surface area contributed by atoms with Crippen LogP contribution in [0.15, 0.2) is 0 Å². The van der Waals surface area contributed by atoms with Gasteiger partial charge in [-0.25, -0.2) is 0 Å². The van der Waals surface area contributed by atoms with Crippen LogP contribution in [0.2, 0.25) is 0 Å². The van der Waals surface area contributed by atoms with Crippen LogP contribution in [0.3, 0.4) is 0 Å². The van der Waals surface area contributed by atoms with Gasteiger partial charge in [0, 0.05) is 12.6 Å². The zero-order valence-corrected chi connectivity index (χ0v) is 7.71. The van der Waals surface area contributed by atoms with Gasteiger partial charge in [-0.3, -0.25) is 4.79 Å². The van der Waals surface area contributed by atoms with Gasteiger partial charge in [0.15, 0.2) is 0 Å². The Hall–Kier alpha value is -0.610. The first-order chi connectivity index (χ1) is 5.59. The molecule has 0 spiro atoms. The second kappa shape index (κ2) is 3.87. The van der Waals surface area contributed by atoms with Crippen molar-refractivity contribution in [2.24, 2.45) is 5.73 Å². The van der Waals surface area contributed by atoms with Gasteiger partial charge in [-0.1, -0.05) is 0 Å². The number of nitrogens with one attached hydrogen (secondary N) is 1. The Morgan fingerprint density at radius 3 is 2.83 bits per heavy atom. The molecule has 0 radical (unpaired) electrons. The van der Waals surface area contributed by atoms with Crippen molar-refractivity contribution in [3.05, 3.63) is 0 Å².